The molecular formula is C13H13NO5S. The molecule has 20 heavy (non-hydrogen) atoms. The van der Waals surface area contributed by atoms with Gasteiger partial charge in [0.2, 0.25) is 11.7 Å². The third-order valence-electron chi connectivity index (χ3n) is 2.60. The van der Waals surface area contributed by atoms with E-state index in [0.29, 0.717) is 17.1 Å². The number of aliphatic hydroxyl groups excluding tert-OH is 1. The molecule has 1 heterocycles. The molecule has 0 aliphatic heterocycles. The Labute approximate surface area is 118 Å². The van der Waals surface area contributed by atoms with E-state index in [0.717, 1.165) is 15.9 Å². The van der Waals surface area contributed by atoms with E-state index in [2.05, 4.69) is 0 Å². The second kappa shape index (κ2) is 5.89. The lowest BCUT2D eigenvalue weighted by Gasteiger charge is -2.09. The predicted octanol–water partition coefficient (Wildman–Crippen LogP) is 1.01. The van der Waals surface area contributed by atoms with Crippen LogP contribution >= 0.6 is 11.3 Å². The molecule has 0 unspecified atom stereocenters. The molecule has 0 spiro atoms. The number of ether oxygens (including phenoxy) is 1. The van der Waals surface area contributed by atoms with Crippen molar-refractivity contribution in [3.8, 4) is 5.88 Å². The highest BCUT2D eigenvalue weighted by atomic mass is 32.1. The van der Waals surface area contributed by atoms with Gasteiger partial charge >= 0.3 is 4.87 Å². The molecule has 1 aliphatic carbocycles. The van der Waals surface area contributed by atoms with Crippen molar-refractivity contribution in [3.63, 3.8) is 0 Å². The summed E-state index contributed by atoms with van der Waals surface area (Å²) in [4.78, 5) is 22.8. The lowest BCUT2D eigenvalue weighted by Crippen LogP contribution is -2.11. The molecule has 1 aromatic rings. The molecule has 106 valence electrons. The molecule has 7 heteroatoms. The fraction of sp³-hybridized carbons (Fsp3) is 0.231. The van der Waals surface area contributed by atoms with Gasteiger partial charge in [0.05, 0.1) is 11.5 Å². The SMILES string of the molecule is CCOC1=C/C(=C\c2sc(=O)n(CO)c2O)C=CC1=O. The number of carbonyl (C=O) groups excluding carboxylic acids is 1. The van der Waals surface area contributed by atoms with E-state index in [-0.39, 0.29) is 17.4 Å². The van der Waals surface area contributed by atoms with Crippen molar-refractivity contribution in [1.82, 2.24) is 4.57 Å². The van der Waals surface area contributed by atoms with E-state index in [4.69, 9.17) is 9.84 Å². The molecule has 1 aliphatic rings. The Bertz CT molecular complexity index is 677. The third-order valence-corrected chi connectivity index (χ3v) is 3.52. The van der Waals surface area contributed by atoms with Gasteiger partial charge in [-0.3, -0.25) is 9.59 Å². The Kier molecular flexibility index (Phi) is 4.21. The molecule has 2 rings (SSSR count). The van der Waals surface area contributed by atoms with Gasteiger partial charge in [-0.25, -0.2) is 4.57 Å². The van der Waals surface area contributed by atoms with Crippen LogP contribution < -0.4 is 4.87 Å². The monoisotopic (exact) mass is 295 g/mol. The molecule has 0 amide bonds. The smallest absolute Gasteiger partial charge is 0.312 e. The number of rotatable bonds is 4. The van der Waals surface area contributed by atoms with Crippen molar-refractivity contribution in [2.24, 2.45) is 0 Å². The number of thiazole rings is 1. The Morgan fingerprint density at radius 1 is 1.40 bits per heavy atom. The van der Waals surface area contributed by atoms with E-state index in [1.165, 1.54) is 6.08 Å². The normalized spacial score (nSPS) is 16.6. The Morgan fingerprint density at radius 2 is 2.15 bits per heavy atom. The van der Waals surface area contributed by atoms with Crippen molar-refractivity contribution in [3.05, 3.63) is 44.1 Å². The topological polar surface area (TPSA) is 88.8 Å². The van der Waals surface area contributed by atoms with Crippen LogP contribution in [0.2, 0.25) is 0 Å². The number of hydrogen-bond donors (Lipinski definition) is 2. The lowest BCUT2D eigenvalue weighted by molar-refractivity contribution is -0.114. The summed E-state index contributed by atoms with van der Waals surface area (Å²) in [7, 11) is 0. The van der Waals surface area contributed by atoms with Crippen molar-refractivity contribution in [1.29, 1.82) is 0 Å². The van der Waals surface area contributed by atoms with Gasteiger partial charge in [0.25, 0.3) is 0 Å². The zero-order chi connectivity index (χ0) is 14.7. The molecule has 0 saturated heterocycles. The standard InChI is InChI=1S/C13H13NO5S/c1-2-19-10-5-8(3-4-9(10)16)6-11-12(17)14(7-15)13(18)20-11/h3-6,15,17H,2,7H2,1H3/b8-6-. The molecule has 0 fully saturated rings. The summed E-state index contributed by atoms with van der Waals surface area (Å²) in [6, 6.07) is 0. The number of hydrogen-bond acceptors (Lipinski definition) is 6. The maximum atomic E-state index is 11.5. The zero-order valence-electron chi connectivity index (χ0n) is 10.7. The maximum absolute atomic E-state index is 11.5. The minimum absolute atomic E-state index is 0.217. The van der Waals surface area contributed by atoms with Crippen LogP contribution in [0.15, 0.2) is 34.4 Å². The van der Waals surface area contributed by atoms with Crippen LogP contribution in [0.5, 0.6) is 5.88 Å². The highest BCUT2D eigenvalue weighted by Crippen LogP contribution is 2.25. The van der Waals surface area contributed by atoms with Gasteiger partial charge in [-0.2, -0.15) is 0 Å². The lowest BCUT2D eigenvalue weighted by atomic mass is 10.1. The van der Waals surface area contributed by atoms with Crippen LogP contribution in [-0.2, 0) is 16.3 Å². The number of aromatic nitrogens is 1. The van der Waals surface area contributed by atoms with E-state index in [1.807, 2.05) is 0 Å². The van der Waals surface area contributed by atoms with Crippen LogP contribution in [0.3, 0.4) is 0 Å². The molecule has 0 bridgehead atoms. The molecule has 0 radical (unpaired) electrons. The fourth-order valence-corrected chi connectivity index (χ4v) is 2.51. The second-order valence-corrected chi connectivity index (χ2v) is 4.90. The minimum atomic E-state index is -0.585. The van der Waals surface area contributed by atoms with Gasteiger partial charge in [0.15, 0.2) is 5.76 Å². The molecular weight excluding hydrogens is 282 g/mol. The summed E-state index contributed by atoms with van der Waals surface area (Å²) >= 11 is 0.807. The molecule has 0 saturated carbocycles. The van der Waals surface area contributed by atoms with Crippen LogP contribution in [-0.4, -0.2) is 27.2 Å². The highest BCUT2D eigenvalue weighted by molar-refractivity contribution is 7.10. The first-order valence-electron chi connectivity index (χ1n) is 5.89. The van der Waals surface area contributed by atoms with Crippen molar-refractivity contribution >= 4 is 23.2 Å². The van der Waals surface area contributed by atoms with Gasteiger partial charge in [-0.05, 0) is 30.7 Å². The van der Waals surface area contributed by atoms with Crippen molar-refractivity contribution < 1.29 is 19.7 Å². The average Bonchev–Trinajstić information content (AvgIpc) is 2.68. The number of allylic oxidation sites excluding steroid dienone is 4. The largest absolute Gasteiger partial charge is 0.493 e. The minimum Gasteiger partial charge on any atom is -0.493 e. The molecule has 0 atom stereocenters. The van der Waals surface area contributed by atoms with Crippen LogP contribution in [0.4, 0.5) is 0 Å². The maximum Gasteiger partial charge on any atom is 0.312 e. The number of aliphatic hydroxyl groups is 1. The Hall–Kier alpha value is -2.12. The zero-order valence-corrected chi connectivity index (χ0v) is 11.5. The quantitative estimate of drug-likeness (QED) is 0.865. The van der Waals surface area contributed by atoms with Gasteiger partial charge < -0.3 is 14.9 Å². The molecule has 1 aromatic heterocycles. The summed E-state index contributed by atoms with van der Waals surface area (Å²) in [5.74, 6) is -0.310. The van der Waals surface area contributed by atoms with E-state index in [9.17, 15) is 14.7 Å². The van der Waals surface area contributed by atoms with E-state index in [1.54, 1.807) is 25.2 Å². The molecule has 0 aromatic carbocycles. The molecule has 6 nitrogen and oxygen atoms in total. The first kappa shape index (κ1) is 14.3. The van der Waals surface area contributed by atoms with Crippen molar-refractivity contribution in [2.45, 2.75) is 13.7 Å². The Balaban J connectivity index is 2.39. The number of nitrogens with zero attached hydrogens (tertiary/aromatic N) is 1. The van der Waals surface area contributed by atoms with E-state index < -0.39 is 11.6 Å². The number of ketones is 1. The van der Waals surface area contributed by atoms with Gasteiger partial charge in [-0.1, -0.05) is 17.4 Å². The van der Waals surface area contributed by atoms with Crippen LogP contribution in [0.25, 0.3) is 6.08 Å². The summed E-state index contributed by atoms with van der Waals surface area (Å²) in [6.07, 6.45) is 6.02. The van der Waals surface area contributed by atoms with Crippen molar-refractivity contribution in [2.75, 3.05) is 6.61 Å². The Morgan fingerprint density at radius 3 is 2.75 bits per heavy atom. The summed E-state index contributed by atoms with van der Waals surface area (Å²) < 4.78 is 6.05. The summed E-state index contributed by atoms with van der Waals surface area (Å²) in [6.45, 7) is 1.56. The highest BCUT2D eigenvalue weighted by Gasteiger charge is 2.15. The third kappa shape index (κ3) is 2.73. The predicted molar refractivity (Wildman–Crippen MR) is 74.3 cm³/mol. The molecule has 2 N–H and O–H groups in total. The van der Waals surface area contributed by atoms with Crippen LogP contribution in [0.1, 0.15) is 11.8 Å². The first-order valence-corrected chi connectivity index (χ1v) is 6.70. The first-order chi connectivity index (χ1) is 9.56. The van der Waals surface area contributed by atoms with Gasteiger partial charge in [0.1, 0.15) is 6.73 Å². The summed E-state index contributed by atoms with van der Waals surface area (Å²) in [5, 5.41) is 18.8. The fourth-order valence-electron chi connectivity index (χ4n) is 1.67. The summed E-state index contributed by atoms with van der Waals surface area (Å²) in [5.41, 5.74) is 0.620. The second-order valence-electron chi connectivity index (χ2n) is 3.91. The van der Waals surface area contributed by atoms with E-state index >= 15 is 0 Å². The number of carbonyl (C=O) groups is 1. The number of aromatic hydroxyl groups is 1. The van der Waals surface area contributed by atoms with Crippen LogP contribution in [0, 0.1) is 0 Å². The average molecular weight is 295 g/mol. The van der Waals surface area contributed by atoms with Gasteiger partial charge in [0, 0.05) is 0 Å². The van der Waals surface area contributed by atoms with Gasteiger partial charge in [-0.15, -0.1) is 0 Å².